The minimum absolute atomic E-state index is 0.0557. The van der Waals surface area contributed by atoms with E-state index in [2.05, 4.69) is 31.2 Å². The number of pyridine rings is 1. The van der Waals surface area contributed by atoms with E-state index >= 15 is 0 Å². The van der Waals surface area contributed by atoms with E-state index in [1.54, 1.807) is 36.4 Å². The highest BCUT2D eigenvalue weighted by Crippen LogP contribution is 2.24. The van der Waals surface area contributed by atoms with Gasteiger partial charge < -0.3 is 10.2 Å². The lowest BCUT2D eigenvalue weighted by Gasteiger charge is -2.31. The summed E-state index contributed by atoms with van der Waals surface area (Å²) in [5.74, 6) is 1.49. The average Bonchev–Trinajstić information content (AvgIpc) is 2.79. The summed E-state index contributed by atoms with van der Waals surface area (Å²) in [5, 5.41) is 4.08. The molecule has 1 unspecified atom stereocenters. The highest BCUT2D eigenvalue weighted by molar-refractivity contribution is 7.98. The molecule has 3 aromatic rings. The van der Waals surface area contributed by atoms with Crippen LogP contribution in [0.5, 0.6) is 0 Å². The summed E-state index contributed by atoms with van der Waals surface area (Å²) in [6.07, 6.45) is 7.11. The first-order chi connectivity index (χ1) is 14.3. The number of hydrogen-bond donors (Lipinski definition) is 1. The molecule has 1 amide bonds. The molecule has 1 N–H and O–H groups in total. The van der Waals surface area contributed by atoms with Crippen LogP contribution in [0.1, 0.15) is 18.4 Å². The molecule has 0 bridgehead atoms. The average molecular weight is 406 g/mol. The molecule has 2 aromatic heterocycles. The Hall–Kier alpha value is -2.93. The molecule has 7 heteroatoms. The third-order valence-corrected chi connectivity index (χ3v) is 5.86. The van der Waals surface area contributed by atoms with Crippen LogP contribution in [0.3, 0.4) is 0 Å². The first-order valence-corrected chi connectivity index (χ1v) is 10.7. The van der Waals surface area contributed by atoms with Crippen molar-refractivity contribution in [2.75, 3.05) is 23.3 Å². The van der Waals surface area contributed by atoms with Gasteiger partial charge in [0.2, 0.25) is 11.9 Å². The van der Waals surface area contributed by atoms with Gasteiger partial charge in [-0.05, 0) is 48.7 Å². The van der Waals surface area contributed by atoms with Gasteiger partial charge in [-0.2, -0.15) is 0 Å². The third-order valence-electron chi connectivity index (χ3n) is 4.85. The number of carbonyl (C=O) groups excluding carboxylic acids is 1. The molecule has 148 valence electrons. The summed E-state index contributed by atoms with van der Waals surface area (Å²) in [4.78, 5) is 27.9. The van der Waals surface area contributed by atoms with Gasteiger partial charge in [0.25, 0.3) is 0 Å². The predicted molar refractivity (Wildman–Crippen MR) is 116 cm³/mol. The number of thioether (sulfide) groups is 1. The van der Waals surface area contributed by atoms with E-state index < -0.39 is 0 Å². The van der Waals surface area contributed by atoms with Gasteiger partial charge in [0.15, 0.2) is 0 Å². The quantitative estimate of drug-likeness (QED) is 0.625. The number of anilines is 2. The molecule has 29 heavy (non-hydrogen) atoms. The normalized spacial score (nSPS) is 16.4. The van der Waals surface area contributed by atoms with Gasteiger partial charge in [0.05, 0.1) is 10.9 Å². The molecule has 0 aliphatic carbocycles. The van der Waals surface area contributed by atoms with E-state index in [-0.39, 0.29) is 11.8 Å². The number of hydrogen-bond acceptors (Lipinski definition) is 6. The molecule has 1 fully saturated rings. The Bertz CT molecular complexity index is 938. The first kappa shape index (κ1) is 19.4. The summed E-state index contributed by atoms with van der Waals surface area (Å²) >= 11 is 1.68. The topological polar surface area (TPSA) is 71.0 Å². The fraction of sp³-hybridized carbons (Fsp3) is 0.273. The lowest BCUT2D eigenvalue weighted by Crippen LogP contribution is -2.41. The number of amides is 1. The van der Waals surface area contributed by atoms with Crippen molar-refractivity contribution in [3.05, 3.63) is 72.7 Å². The zero-order chi connectivity index (χ0) is 19.9. The van der Waals surface area contributed by atoms with Crippen molar-refractivity contribution in [3.63, 3.8) is 0 Å². The maximum absolute atomic E-state index is 12.8. The van der Waals surface area contributed by atoms with Crippen LogP contribution >= 0.6 is 11.8 Å². The second kappa shape index (κ2) is 9.52. The Morgan fingerprint density at radius 1 is 1.07 bits per heavy atom. The van der Waals surface area contributed by atoms with E-state index in [1.807, 2.05) is 36.4 Å². The van der Waals surface area contributed by atoms with Crippen LogP contribution in [0.2, 0.25) is 0 Å². The molecule has 4 rings (SSSR count). The van der Waals surface area contributed by atoms with Gasteiger partial charge in [-0.1, -0.05) is 18.2 Å². The molecule has 6 nitrogen and oxygen atoms in total. The Labute approximate surface area is 174 Å². The van der Waals surface area contributed by atoms with Gasteiger partial charge in [0.1, 0.15) is 0 Å². The molecule has 1 aliphatic rings. The molecule has 1 atom stereocenters. The van der Waals surface area contributed by atoms with Gasteiger partial charge in [-0.25, -0.2) is 15.0 Å². The number of aromatic nitrogens is 3. The van der Waals surface area contributed by atoms with Gasteiger partial charge in [0, 0.05) is 43.1 Å². The van der Waals surface area contributed by atoms with Crippen molar-refractivity contribution in [1.82, 2.24) is 15.0 Å². The largest absolute Gasteiger partial charge is 0.340 e. The van der Waals surface area contributed by atoms with Crippen LogP contribution < -0.4 is 10.2 Å². The van der Waals surface area contributed by atoms with Crippen molar-refractivity contribution in [1.29, 1.82) is 0 Å². The van der Waals surface area contributed by atoms with Gasteiger partial charge in [-0.3, -0.25) is 4.79 Å². The van der Waals surface area contributed by atoms with Crippen LogP contribution in [-0.4, -0.2) is 33.9 Å². The van der Waals surface area contributed by atoms with Crippen LogP contribution in [-0.2, 0) is 10.5 Å². The summed E-state index contributed by atoms with van der Waals surface area (Å²) in [6, 6.07) is 15.7. The molecule has 1 aliphatic heterocycles. The molecule has 0 spiro atoms. The molecule has 1 aromatic carbocycles. The summed E-state index contributed by atoms with van der Waals surface area (Å²) < 4.78 is 0. The maximum Gasteiger partial charge on any atom is 0.229 e. The lowest BCUT2D eigenvalue weighted by molar-refractivity contribution is -0.120. The van der Waals surface area contributed by atoms with Crippen molar-refractivity contribution >= 4 is 29.3 Å². The Kier molecular flexibility index (Phi) is 6.36. The van der Waals surface area contributed by atoms with E-state index in [0.29, 0.717) is 12.5 Å². The van der Waals surface area contributed by atoms with Gasteiger partial charge >= 0.3 is 0 Å². The minimum atomic E-state index is -0.0703. The van der Waals surface area contributed by atoms with Crippen LogP contribution in [0.25, 0.3) is 0 Å². The number of benzene rings is 1. The third kappa shape index (κ3) is 5.32. The summed E-state index contributed by atoms with van der Waals surface area (Å²) in [7, 11) is 0. The fourth-order valence-corrected chi connectivity index (χ4v) is 4.20. The number of nitrogens with zero attached hydrogens (tertiary/aromatic N) is 4. The van der Waals surface area contributed by atoms with E-state index in [1.165, 1.54) is 0 Å². The Morgan fingerprint density at radius 2 is 1.93 bits per heavy atom. The number of rotatable bonds is 6. The summed E-state index contributed by atoms with van der Waals surface area (Å²) in [5.41, 5.74) is 1.99. The van der Waals surface area contributed by atoms with E-state index in [4.69, 9.17) is 0 Å². The van der Waals surface area contributed by atoms with Crippen molar-refractivity contribution < 1.29 is 4.79 Å². The van der Waals surface area contributed by atoms with Gasteiger partial charge in [-0.15, -0.1) is 11.8 Å². The first-order valence-electron chi connectivity index (χ1n) is 9.73. The Balaban J connectivity index is 1.35. The van der Waals surface area contributed by atoms with Crippen LogP contribution in [0, 0.1) is 5.92 Å². The second-order valence-corrected chi connectivity index (χ2v) is 7.98. The number of piperidine rings is 1. The number of nitrogens with one attached hydrogen (secondary N) is 1. The van der Waals surface area contributed by atoms with Crippen LogP contribution in [0.4, 0.5) is 11.6 Å². The monoisotopic (exact) mass is 405 g/mol. The molecule has 1 saturated heterocycles. The maximum atomic E-state index is 12.8. The second-order valence-electron chi connectivity index (χ2n) is 6.98. The van der Waals surface area contributed by atoms with Crippen molar-refractivity contribution in [2.24, 2.45) is 5.92 Å². The lowest BCUT2D eigenvalue weighted by atomic mass is 9.97. The number of carbonyl (C=O) groups is 1. The summed E-state index contributed by atoms with van der Waals surface area (Å²) in [6.45, 7) is 1.53. The highest BCUT2D eigenvalue weighted by Gasteiger charge is 2.27. The molecular weight excluding hydrogens is 382 g/mol. The smallest absolute Gasteiger partial charge is 0.229 e. The Morgan fingerprint density at radius 3 is 2.76 bits per heavy atom. The SMILES string of the molecule is O=C(Nc1cccc(CSc2ccccn2)c1)C1CCCN(c2ncccn2)C1. The predicted octanol–water partition coefficient (Wildman–Crippen LogP) is 4.02. The molecule has 0 saturated carbocycles. The fourth-order valence-electron chi connectivity index (χ4n) is 3.40. The zero-order valence-electron chi connectivity index (χ0n) is 16.1. The highest BCUT2D eigenvalue weighted by atomic mass is 32.2. The van der Waals surface area contributed by atoms with Crippen LogP contribution in [0.15, 0.2) is 72.1 Å². The minimum Gasteiger partial charge on any atom is -0.340 e. The molecular formula is C22H23N5OS. The standard InChI is InChI=1S/C22H23N5OS/c28-21(18-7-4-13-27(15-18)22-24-11-5-12-25-22)26-19-8-3-6-17(14-19)16-29-20-9-1-2-10-23-20/h1-3,5-6,8-12,14,18H,4,7,13,15-16H2,(H,26,28). The van der Waals surface area contributed by atoms with E-state index in [0.717, 1.165) is 41.4 Å². The zero-order valence-corrected chi connectivity index (χ0v) is 16.9. The molecule has 3 heterocycles. The van der Waals surface area contributed by atoms with E-state index in [9.17, 15) is 4.79 Å². The van der Waals surface area contributed by atoms with Crippen molar-refractivity contribution in [2.45, 2.75) is 23.6 Å². The molecule has 0 radical (unpaired) electrons. The van der Waals surface area contributed by atoms with Crippen molar-refractivity contribution in [3.8, 4) is 0 Å².